The fourth-order valence-corrected chi connectivity index (χ4v) is 5.01. The molecule has 2 aliphatic heterocycles. The van der Waals surface area contributed by atoms with Crippen molar-refractivity contribution in [2.24, 2.45) is 10.1 Å². The van der Waals surface area contributed by atoms with Gasteiger partial charge in [-0.25, -0.2) is 0 Å². The second-order valence-electron chi connectivity index (χ2n) is 8.49. The maximum atomic E-state index is 12.7. The Bertz CT molecular complexity index is 1320. The molecule has 0 atom stereocenters. The van der Waals surface area contributed by atoms with Crippen molar-refractivity contribution in [3.8, 4) is 17.2 Å². The predicted molar refractivity (Wildman–Crippen MR) is 149 cm³/mol. The fraction of sp³-hybridized carbons (Fsp3) is 0.333. The summed E-state index contributed by atoms with van der Waals surface area (Å²) in [6, 6.07) is 9.45. The molecule has 0 aromatic heterocycles. The molecule has 2 aromatic carbocycles. The third-order valence-corrected chi connectivity index (χ3v) is 6.78. The SMILES string of the molecule is CCCC1=NN2C(=N)/C(=C\c3cc(Cl)c(OCCOc4cc(C)ccc4C)c(OCC)c3)C(=O)N=C2S1. The van der Waals surface area contributed by atoms with Crippen LogP contribution in [-0.4, -0.2) is 46.8 Å². The van der Waals surface area contributed by atoms with Gasteiger partial charge >= 0.3 is 0 Å². The summed E-state index contributed by atoms with van der Waals surface area (Å²) < 4.78 is 17.6. The molecule has 37 heavy (non-hydrogen) atoms. The van der Waals surface area contributed by atoms with E-state index in [9.17, 15) is 4.79 Å². The minimum atomic E-state index is -0.491. The first-order valence-electron chi connectivity index (χ1n) is 12.1. The maximum absolute atomic E-state index is 12.7. The number of amides is 1. The molecule has 8 nitrogen and oxygen atoms in total. The number of aliphatic imine (C=N–C) groups is 1. The molecule has 0 spiro atoms. The standard InChI is InChI=1S/C27H29ClN4O4S/c1-5-7-23-31-32-25(29)19(26(33)30-27(32)37-23)13-18-14-20(28)24(22(15-18)34-6-2)36-11-10-35-21-12-16(3)8-9-17(21)4/h8-9,12-15,29H,5-7,10-11H2,1-4H3/b19-13+,29-25?. The van der Waals surface area contributed by atoms with Crippen molar-refractivity contribution in [3.63, 3.8) is 0 Å². The molecule has 2 heterocycles. The molecule has 0 aliphatic carbocycles. The summed E-state index contributed by atoms with van der Waals surface area (Å²) in [7, 11) is 0. The van der Waals surface area contributed by atoms with Gasteiger partial charge in [0.2, 0.25) is 5.17 Å². The van der Waals surface area contributed by atoms with Gasteiger partial charge in [-0.05, 0) is 86.3 Å². The van der Waals surface area contributed by atoms with Gasteiger partial charge in [0.25, 0.3) is 5.91 Å². The Morgan fingerprint density at radius 2 is 1.86 bits per heavy atom. The van der Waals surface area contributed by atoms with Gasteiger partial charge < -0.3 is 14.2 Å². The third-order valence-electron chi connectivity index (χ3n) is 5.53. The number of hydrazone groups is 1. The van der Waals surface area contributed by atoms with E-state index in [4.69, 9.17) is 31.2 Å². The van der Waals surface area contributed by atoms with Crippen LogP contribution in [0.3, 0.4) is 0 Å². The third kappa shape index (κ3) is 6.17. The Morgan fingerprint density at radius 1 is 1.08 bits per heavy atom. The van der Waals surface area contributed by atoms with Crippen LogP contribution in [0.4, 0.5) is 0 Å². The van der Waals surface area contributed by atoms with E-state index in [1.807, 2.05) is 39.0 Å². The van der Waals surface area contributed by atoms with Crippen molar-refractivity contribution in [1.82, 2.24) is 5.01 Å². The lowest BCUT2D eigenvalue weighted by molar-refractivity contribution is -0.114. The van der Waals surface area contributed by atoms with Gasteiger partial charge in [-0.1, -0.05) is 30.7 Å². The molecule has 2 aliphatic rings. The van der Waals surface area contributed by atoms with Crippen LogP contribution in [0.5, 0.6) is 17.2 Å². The van der Waals surface area contributed by atoms with Gasteiger partial charge in [0.05, 0.1) is 17.2 Å². The number of hydrogen-bond donors (Lipinski definition) is 1. The highest BCUT2D eigenvalue weighted by Gasteiger charge is 2.35. The van der Waals surface area contributed by atoms with Crippen LogP contribution in [-0.2, 0) is 4.79 Å². The molecule has 2 aromatic rings. The van der Waals surface area contributed by atoms with Crippen LogP contribution >= 0.6 is 23.4 Å². The number of thioether (sulfide) groups is 1. The Hall–Kier alpha value is -3.30. The molecule has 0 saturated heterocycles. The highest BCUT2D eigenvalue weighted by atomic mass is 35.5. The number of hydrogen-bond acceptors (Lipinski definition) is 7. The first kappa shape index (κ1) is 26.8. The van der Waals surface area contributed by atoms with E-state index >= 15 is 0 Å². The van der Waals surface area contributed by atoms with Gasteiger partial charge in [0, 0.05) is 0 Å². The molecule has 1 amide bonds. The quantitative estimate of drug-likeness (QED) is 0.283. The summed E-state index contributed by atoms with van der Waals surface area (Å²) in [6.45, 7) is 8.91. The summed E-state index contributed by atoms with van der Waals surface area (Å²) in [6.07, 6.45) is 3.26. The number of carbonyl (C=O) groups excluding carboxylic acids is 1. The number of ether oxygens (including phenoxy) is 3. The molecule has 0 saturated carbocycles. The first-order chi connectivity index (χ1) is 17.8. The van der Waals surface area contributed by atoms with Crippen molar-refractivity contribution in [3.05, 3.63) is 57.6 Å². The summed E-state index contributed by atoms with van der Waals surface area (Å²) >= 11 is 7.90. The normalized spacial score (nSPS) is 16.0. The van der Waals surface area contributed by atoms with Gasteiger partial charge in [0.15, 0.2) is 17.3 Å². The van der Waals surface area contributed by atoms with Crippen molar-refractivity contribution in [1.29, 1.82) is 5.41 Å². The molecule has 194 valence electrons. The average Bonchev–Trinajstić information content (AvgIpc) is 3.25. The number of fused-ring (bicyclic) bond motifs is 1. The zero-order valence-corrected chi connectivity index (χ0v) is 22.8. The fourth-order valence-electron chi connectivity index (χ4n) is 3.75. The zero-order valence-electron chi connectivity index (χ0n) is 21.3. The van der Waals surface area contributed by atoms with Crippen LogP contribution < -0.4 is 14.2 Å². The van der Waals surface area contributed by atoms with E-state index in [0.717, 1.165) is 34.8 Å². The zero-order chi connectivity index (χ0) is 26.5. The smallest absolute Gasteiger partial charge is 0.283 e. The highest BCUT2D eigenvalue weighted by molar-refractivity contribution is 8.26. The maximum Gasteiger partial charge on any atom is 0.283 e. The van der Waals surface area contributed by atoms with Gasteiger partial charge in [-0.15, -0.1) is 0 Å². The van der Waals surface area contributed by atoms with E-state index in [-0.39, 0.29) is 18.0 Å². The molecule has 10 heteroatoms. The molecular formula is C27H29ClN4O4S. The molecule has 0 unspecified atom stereocenters. The van der Waals surface area contributed by atoms with Gasteiger partial charge in [-0.3, -0.25) is 10.2 Å². The Labute approximate surface area is 225 Å². The molecule has 0 radical (unpaired) electrons. The number of rotatable bonds is 10. The van der Waals surface area contributed by atoms with Crippen LogP contribution in [0, 0.1) is 19.3 Å². The van der Waals surface area contributed by atoms with Gasteiger partial charge in [0.1, 0.15) is 24.0 Å². The van der Waals surface area contributed by atoms with E-state index < -0.39 is 5.91 Å². The van der Waals surface area contributed by atoms with Crippen molar-refractivity contribution < 1.29 is 19.0 Å². The first-order valence-corrected chi connectivity index (χ1v) is 13.3. The Kier molecular flexibility index (Phi) is 8.56. The second-order valence-corrected chi connectivity index (χ2v) is 9.94. The van der Waals surface area contributed by atoms with Crippen LogP contribution in [0.2, 0.25) is 5.02 Å². The summed E-state index contributed by atoms with van der Waals surface area (Å²) in [5.41, 5.74) is 2.88. The molecule has 0 bridgehead atoms. The lowest BCUT2D eigenvalue weighted by Gasteiger charge is -2.20. The summed E-state index contributed by atoms with van der Waals surface area (Å²) in [5.74, 6) is 1.13. The number of nitrogens with zero attached hydrogens (tertiary/aromatic N) is 3. The highest BCUT2D eigenvalue weighted by Crippen LogP contribution is 2.38. The minimum absolute atomic E-state index is 0.0217. The second kappa shape index (κ2) is 11.8. The number of amidine groups is 2. The Balaban J connectivity index is 1.51. The molecule has 0 fully saturated rings. The van der Waals surface area contributed by atoms with Crippen molar-refractivity contribution >= 4 is 51.4 Å². The summed E-state index contributed by atoms with van der Waals surface area (Å²) in [4.78, 5) is 16.9. The van der Waals surface area contributed by atoms with Crippen LogP contribution in [0.15, 0.2) is 46.0 Å². The van der Waals surface area contributed by atoms with Crippen molar-refractivity contribution in [2.45, 2.75) is 40.5 Å². The average molecular weight is 541 g/mol. The molecular weight excluding hydrogens is 512 g/mol. The number of nitrogens with one attached hydrogen (secondary N) is 1. The van der Waals surface area contributed by atoms with E-state index in [1.165, 1.54) is 16.8 Å². The lowest BCUT2D eigenvalue weighted by atomic mass is 10.1. The largest absolute Gasteiger partial charge is 0.490 e. The van der Waals surface area contributed by atoms with Gasteiger partial charge in [-0.2, -0.15) is 15.1 Å². The monoisotopic (exact) mass is 540 g/mol. The number of aryl methyl sites for hydroxylation is 2. The number of halogens is 1. The van der Waals surface area contributed by atoms with E-state index in [0.29, 0.717) is 40.5 Å². The number of benzene rings is 2. The van der Waals surface area contributed by atoms with Crippen molar-refractivity contribution in [2.75, 3.05) is 19.8 Å². The van der Waals surface area contributed by atoms with Crippen LogP contribution in [0.1, 0.15) is 43.4 Å². The van der Waals surface area contributed by atoms with Crippen LogP contribution in [0.25, 0.3) is 6.08 Å². The lowest BCUT2D eigenvalue weighted by Crippen LogP contribution is -2.35. The minimum Gasteiger partial charge on any atom is -0.490 e. The molecule has 4 rings (SSSR count). The predicted octanol–water partition coefficient (Wildman–Crippen LogP) is 6.23. The Morgan fingerprint density at radius 3 is 2.62 bits per heavy atom. The summed E-state index contributed by atoms with van der Waals surface area (Å²) in [5, 5.41) is 16.0. The van der Waals surface area contributed by atoms with E-state index in [2.05, 4.69) is 17.0 Å². The topological polar surface area (TPSA) is 96.6 Å². The number of carbonyl (C=O) groups is 1. The molecule has 1 N–H and O–H groups in total. The van der Waals surface area contributed by atoms with E-state index in [1.54, 1.807) is 18.2 Å².